The van der Waals surface area contributed by atoms with E-state index in [2.05, 4.69) is 22.2 Å². The highest BCUT2D eigenvalue weighted by molar-refractivity contribution is 7.98. The molecule has 0 amide bonds. The lowest BCUT2D eigenvalue weighted by Crippen LogP contribution is -2.05. The molecule has 5 heteroatoms. The molecule has 0 aliphatic heterocycles. The number of furan rings is 1. The van der Waals surface area contributed by atoms with Crippen LogP contribution in [-0.2, 0) is 5.75 Å². The summed E-state index contributed by atoms with van der Waals surface area (Å²) < 4.78 is 5.31. The van der Waals surface area contributed by atoms with Gasteiger partial charge >= 0.3 is 0 Å². The van der Waals surface area contributed by atoms with Gasteiger partial charge in [-0.05, 0) is 31.0 Å². The molecule has 2 aromatic heterocycles. The summed E-state index contributed by atoms with van der Waals surface area (Å²) >= 11 is 1.67. The molecule has 0 saturated carbocycles. The summed E-state index contributed by atoms with van der Waals surface area (Å²) in [6, 6.07) is 3.87. The van der Waals surface area contributed by atoms with Crippen molar-refractivity contribution in [3.8, 4) is 0 Å². The van der Waals surface area contributed by atoms with E-state index < -0.39 is 0 Å². The van der Waals surface area contributed by atoms with Crippen LogP contribution in [0.1, 0.15) is 24.7 Å². The molecular formula is C13H17N3OS. The summed E-state index contributed by atoms with van der Waals surface area (Å²) in [5.41, 5.74) is 1.09. The fraction of sp³-hybridized carbons (Fsp3) is 0.385. The van der Waals surface area contributed by atoms with Crippen LogP contribution in [0.25, 0.3) is 0 Å². The summed E-state index contributed by atoms with van der Waals surface area (Å²) in [6.45, 7) is 5.03. The van der Waals surface area contributed by atoms with E-state index in [0.717, 1.165) is 35.1 Å². The third kappa shape index (κ3) is 3.50. The zero-order chi connectivity index (χ0) is 12.8. The lowest BCUT2D eigenvalue weighted by molar-refractivity contribution is 0.530. The van der Waals surface area contributed by atoms with Crippen molar-refractivity contribution >= 4 is 17.7 Å². The number of hydrogen-bond donors (Lipinski definition) is 1. The average Bonchev–Trinajstić information content (AvgIpc) is 2.89. The summed E-state index contributed by atoms with van der Waals surface area (Å²) in [6.07, 6.45) is 4.61. The molecule has 1 N–H and O–H groups in total. The summed E-state index contributed by atoms with van der Waals surface area (Å²) in [5, 5.41) is 4.20. The van der Waals surface area contributed by atoms with Gasteiger partial charge in [0.25, 0.3) is 0 Å². The highest BCUT2D eigenvalue weighted by atomic mass is 32.2. The maximum atomic E-state index is 5.31. The molecule has 0 atom stereocenters. The van der Waals surface area contributed by atoms with Crippen LogP contribution in [0.3, 0.4) is 0 Å². The molecule has 2 aromatic rings. The largest absolute Gasteiger partial charge is 0.468 e. The van der Waals surface area contributed by atoms with E-state index in [4.69, 9.17) is 4.42 Å². The average molecular weight is 263 g/mol. The molecule has 0 radical (unpaired) electrons. The molecule has 2 heterocycles. The maximum absolute atomic E-state index is 5.31. The Balaban J connectivity index is 2.01. The molecule has 0 fully saturated rings. The van der Waals surface area contributed by atoms with Gasteiger partial charge in [0, 0.05) is 12.7 Å². The second-order valence-electron chi connectivity index (χ2n) is 3.98. The number of rotatable bonds is 6. The van der Waals surface area contributed by atoms with Crippen molar-refractivity contribution in [2.75, 3.05) is 11.9 Å². The Labute approximate surface area is 111 Å². The van der Waals surface area contributed by atoms with Crippen LogP contribution in [0.5, 0.6) is 0 Å². The third-order valence-corrected chi connectivity index (χ3v) is 3.51. The van der Waals surface area contributed by atoms with E-state index in [1.807, 2.05) is 25.3 Å². The minimum absolute atomic E-state index is 0.699. The second-order valence-corrected chi connectivity index (χ2v) is 4.94. The SMILES string of the molecule is CCCNc1ncc(C)c(SCc2ccco2)n1. The standard InChI is InChI=1S/C13H17N3OS/c1-3-6-14-13-15-8-10(2)12(16-13)18-9-11-5-4-7-17-11/h4-5,7-8H,3,6,9H2,1-2H3,(H,14,15,16). The number of anilines is 1. The van der Waals surface area contributed by atoms with E-state index in [1.54, 1.807) is 18.0 Å². The molecule has 0 aliphatic rings. The summed E-state index contributed by atoms with van der Waals surface area (Å²) in [4.78, 5) is 8.77. The van der Waals surface area contributed by atoms with Gasteiger partial charge in [-0.2, -0.15) is 0 Å². The maximum Gasteiger partial charge on any atom is 0.223 e. The Morgan fingerprint density at radius 3 is 3.06 bits per heavy atom. The lowest BCUT2D eigenvalue weighted by Gasteiger charge is -2.07. The van der Waals surface area contributed by atoms with Crippen LogP contribution >= 0.6 is 11.8 Å². The van der Waals surface area contributed by atoms with Crippen LogP contribution in [0, 0.1) is 6.92 Å². The van der Waals surface area contributed by atoms with E-state index in [1.165, 1.54) is 0 Å². The fourth-order valence-electron chi connectivity index (χ4n) is 1.43. The van der Waals surface area contributed by atoms with Crippen molar-refractivity contribution in [3.63, 3.8) is 0 Å². The molecule has 0 aliphatic carbocycles. The minimum Gasteiger partial charge on any atom is -0.468 e. The Morgan fingerprint density at radius 1 is 1.44 bits per heavy atom. The number of nitrogens with zero attached hydrogens (tertiary/aromatic N) is 2. The molecule has 4 nitrogen and oxygen atoms in total. The van der Waals surface area contributed by atoms with Crippen molar-refractivity contribution in [3.05, 3.63) is 35.9 Å². The minimum atomic E-state index is 0.699. The van der Waals surface area contributed by atoms with Gasteiger partial charge < -0.3 is 9.73 Å². The topological polar surface area (TPSA) is 51.0 Å². The van der Waals surface area contributed by atoms with Crippen LogP contribution in [0.4, 0.5) is 5.95 Å². The first-order valence-electron chi connectivity index (χ1n) is 6.02. The third-order valence-electron chi connectivity index (χ3n) is 2.39. The van der Waals surface area contributed by atoms with Crippen LogP contribution in [0.2, 0.25) is 0 Å². The Kier molecular flexibility index (Phi) is 4.64. The lowest BCUT2D eigenvalue weighted by atomic mass is 10.4. The van der Waals surface area contributed by atoms with Crippen molar-refractivity contribution < 1.29 is 4.42 Å². The molecular weight excluding hydrogens is 246 g/mol. The fourth-order valence-corrected chi connectivity index (χ4v) is 2.30. The zero-order valence-corrected chi connectivity index (χ0v) is 11.5. The zero-order valence-electron chi connectivity index (χ0n) is 10.6. The van der Waals surface area contributed by atoms with Gasteiger partial charge in [0.05, 0.1) is 12.0 Å². The first kappa shape index (κ1) is 13.0. The quantitative estimate of drug-likeness (QED) is 0.638. The van der Waals surface area contributed by atoms with E-state index in [9.17, 15) is 0 Å². The second kappa shape index (κ2) is 6.44. The number of hydrogen-bond acceptors (Lipinski definition) is 5. The Hall–Kier alpha value is -1.49. The van der Waals surface area contributed by atoms with Crippen LogP contribution in [-0.4, -0.2) is 16.5 Å². The van der Waals surface area contributed by atoms with E-state index in [-0.39, 0.29) is 0 Å². The molecule has 0 spiro atoms. The Bertz CT molecular complexity index is 485. The van der Waals surface area contributed by atoms with Gasteiger partial charge in [0.2, 0.25) is 5.95 Å². The number of nitrogens with one attached hydrogen (secondary N) is 1. The molecule has 0 unspecified atom stereocenters. The van der Waals surface area contributed by atoms with Crippen LogP contribution < -0.4 is 5.32 Å². The number of aryl methyl sites for hydroxylation is 1. The normalized spacial score (nSPS) is 10.6. The molecule has 96 valence electrons. The summed E-state index contributed by atoms with van der Waals surface area (Å²) in [7, 11) is 0. The molecule has 2 rings (SSSR count). The molecule has 0 saturated heterocycles. The monoisotopic (exact) mass is 263 g/mol. The van der Waals surface area contributed by atoms with Gasteiger partial charge in [0.15, 0.2) is 0 Å². The molecule has 0 aromatic carbocycles. The van der Waals surface area contributed by atoms with Crippen molar-refractivity contribution in [2.45, 2.75) is 31.0 Å². The predicted octanol–water partition coefficient (Wildman–Crippen LogP) is 3.49. The highest BCUT2D eigenvalue weighted by Gasteiger charge is 2.05. The highest BCUT2D eigenvalue weighted by Crippen LogP contribution is 2.24. The van der Waals surface area contributed by atoms with E-state index >= 15 is 0 Å². The van der Waals surface area contributed by atoms with Crippen molar-refractivity contribution in [1.82, 2.24) is 9.97 Å². The molecule has 18 heavy (non-hydrogen) atoms. The van der Waals surface area contributed by atoms with Gasteiger partial charge in [0.1, 0.15) is 10.8 Å². The first-order valence-corrected chi connectivity index (χ1v) is 7.01. The Morgan fingerprint density at radius 2 is 2.33 bits per heavy atom. The van der Waals surface area contributed by atoms with Gasteiger partial charge in [-0.3, -0.25) is 0 Å². The first-order chi connectivity index (χ1) is 8.79. The van der Waals surface area contributed by atoms with E-state index in [0.29, 0.717) is 5.95 Å². The summed E-state index contributed by atoms with van der Waals surface area (Å²) in [5.74, 6) is 2.45. The van der Waals surface area contributed by atoms with Crippen molar-refractivity contribution in [1.29, 1.82) is 0 Å². The number of thioether (sulfide) groups is 1. The van der Waals surface area contributed by atoms with Gasteiger partial charge in [-0.25, -0.2) is 9.97 Å². The van der Waals surface area contributed by atoms with Crippen LogP contribution in [0.15, 0.2) is 34.0 Å². The van der Waals surface area contributed by atoms with Gasteiger partial charge in [-0.15, -0.1) is 0 Å². The molecule has 0 bridgehead atoms. The smallest absolute Gasteiger partial charge is 0.223 e. The van der Waals surface area contributed by atoms with Gasteiger partial charge in [-0.1, -0.05) is 18.7 Å². The predicted molar refractivity (Wildman–Crippen MR) is 73.8 cm³/mol. The van der Waals surface area contributed by atoms with Crippen molar-refractivity contribution in [2.24, 2.45) is 0 Å². The number of aromatic nitrogens is 2.